The molecule has 0 unspecified atom stereocenters. The third-order valence-corrected chi connectivity index (χ3v) is 14.0. The van der Waals surface area contributed by atoms with E-state index in [2.05, 4.69) is 289 Å². The molecular weight excluding hydrogens is 845 g/mol. The largest absolute Gasteiger partial charge is 0.310 e. The summed E-state index contributed by atoms with van der Waals surface area (Å²) in [5, 5.41) is 7.45. The van der Waals surface area contributed by atoms with Crippen molar-refractivity contribution < 1.29 is 0 Å². The zero-order valence-corrected chi connectivity index (χ0v) is 38.5. The summed E-state index contributed by atoms with van der Waals surface area (Å²) >= 11 is 0. The average Bonchev–Trinajstić information content (AvgIpc) is 3.78. The molecule has 0 fully saturated rings. The zero-order valence-electron chi connectivity index (χ0n) is 38.5. The van der Waals surface area contributed by atoms with Crippen molar-refractivity contribution in [3.63, 3.8) is 0 Å². The Kier molecular flexibility index (Phi) is 10.2. The van der Waals surface area contributed by atoms with Gasteiger partial charge >= 0.3 is 0 Å². The number of benzene rings is 12. The Bertz CT molecular complexity index is 4010. The van der Waals surface area contributed by atoms with Crippen LogP contribution < -0.4 is 4.90 Å². The predicted octanol–water partition coefficient (Wildman–Crippen LogP) is 18.9. The van der Waals surface area contributed by atoms with Gasteiger partial charge in [-0.25, -0.2) is 0 Å². The molecule has 328 valence electrons. The predicted molar refractivity (Wildman–Crippen MR) is 298 cm³/mol. The minimum atomic E-state index is 1.07. The van der Waals surface area contributed by atoms with Crippen LogP contribution in [0, 0.1) is 0 Å². The Morgan fingerprint density at radius 3 is 1.46 bits per heavy atom. The average molecular weight is 891 g/mol. The van der Waals surface area contributed by atoms with Gasteiger partial charge in [0.2, 0.25) is 0 Å². The number of hydrogen-bond donors (Lipinski definition) is 0. The fourth-order valence-corrected chi connectivity index (χ4v) is 10.8. The SMILES string of the molecule is c1ccc(-c2cccc3cccc(-c4ccccc4N(c4ccc(-c5ccc(-c6cccc7ccccc67)cc5)cc4)c4ccc(-c5cccc6c7ccccc7n(-c7ccccc7)c56)cc4)c23)cc1. The summed E-state index contributed by atoms with van der Waals surface area (Å²) in [5.41, 5.74) is 18.7. The van der Waals surface area contributed by atoms with Gasteiger partial charge in [0.15, 0.2) is 0 Å². The second-order valence-corrected chi connectivity index (χ2v) is 18.0. The van der Waals surface area contributed by atoms with E-state index in [0.29, 0.717) is 0 Å². The lowest BCUT2D eigenvalue weighted by molar-refractivity contribution is 1.18. The summed E-state index contributed by atoms with van der Waals surface area (Å²) in [4.78, 5) is 2.43. The highest BCUT2D eigenvalue weighted by Crippen LogP contribution is 2.46. The van der Waals surface area contributed by atoms with E-state index in [1.165, 1.54) is 87.9 Å². The summed E-state index contributed by atoms with van der Waals surface area (Å²) in [6.07, 6.45) is 0. The van der Waals surface area contributed by atoms with Crippen LogP contribution in [0.3, 0.4) is 0 Å². The number of aromatic nitrogens is 1. The van der Waals surface area contributed by atoms with Crippen molar-refractivity contribution in [2.75, 3.05) is 4.90 Å². The molecule has 70 heavy (non-hydrogen) atoms. The summed E-state index contributed by atoms with van der Waals surface area (Å²) < 4.78 is 2.42. The number of anilines is 3. The van der Waals surface area contributed by atoms with Crippen LogP contribution >= 0.6 is 0 Å². The van der Waals surface area contributed by atoms with Gasteiger partial charge in [0.1, 0.15) is 0 Å². The molecule has 1 heterocycles. The molecule has 2 heteroatoms. The van der Waals surface area contributed by atoms with E-state index in [4.69, 9.17) is 0 Å². The van der Waals surface area contributed by atoms with Crippen molar-refractivity contribution in [2.24, 2.45) is 0 Å². The molecule has 13 aromatic rings. The molecule has 0 saturated carbocycles. The van der Waals surface area contributed by atoms with Crippen molar-refractivity contribution in [1.82, 2.24) is 4.57 Å². The number of hydrogen-bond acceptors (Lipinski definition) is 1. The number of para-hydroxylation sites is 4. The fourth-order valence-electron chi connectivity index (χ4n) is 10.8. The van der Waals surface area contributed by atoms with Gasteiger partial charge in [-0.3, -0.25) is 0 Å². The van der Waals surface area contributed by atoms with Crippen molar-refractivity contribution in [1.29, 1.82) is 0 Å². The summed E-state index contributed by atoms with van der Waals surface area (Å²) in [6, 6.07) is 102. The maximum absolute atomic E-state index is 2.43. The molecule has 0 aliphatic heterocycles. The van der Waals surface area contributed by atoms with E-state index in [1.54, 1.807) is 0 Å². The molecule has 0 atom stereocenters. The van der Waals surface area contributed by atoms with Crippen LogP contribution in [-0.2, 0) is 0 Å². The Morgan fingerprint density at radius 1 is 0.257 bits per heavy atom. The van der Waals surface area contributed by atoms with Crippen molar-refractivity contribution in [2.45, 2.75) is 0 Å². The molecule has 0 saturated heterocycles. The van der Waals surface area contributed by atoms with Crippen molar-refractivity contribution in [3.05, 3.63) is 279 Å². The van der Waals surface area contributed by atoms with Gasteiger partial charge in [0.25, 0.3) is 0 Å². The maximum Gasteiger partial charge on any atom is 0.0619 e. The molecule has 0 aliphatic rings. The van der Waals surface area contributed by atoms with Crippen LogP contribution in [0.5, 0.6) is 0 Å². The molecule has 13 rings (SSSR count). The summed E-state index contributed by atoms with van der Waals surface area (Å²) in [6.45, 7) is 0. The smallest absolute Gasteiger partial charge is 0.0619 e. The third-order valence-electron chi connectivity index (χ3n) is 14.0. The van der Waals surface area contributed by atoms with Gasteiger partial charge in [0.05, 0.1) is 16.7 Å². The first-order valence-electron chi connectivity index (χ1n) is 24.1. The highest BCUT2D eigenvalue weighted by Gasteiger charge is 2.21. The Balaban J connectivity index is 0.949. The second kappa shape index (κ2) is 17.4. The second-order valence-electron chi connectivity index (χ2n) is 18.0. The molecule has 12 aromatic carbocycles. The first-order chi connectivity index (χ1) is 34.7. The van der Waals surface area contributed by atoms with E-state index in [-0.39, 0.29) is 0 Å². The first kappa shape index (κ1) is 41.0. The van der Waals surface area contributed by atoms with Gasteiger partial charge in [-0.05, 0) is 115 Å². The topological polar surface area (TPSA) is 8.17 Å². The standard InChI is InChI=1S/C68H46N2/c1-3-17-50(18-4-1)59-29-14-21-53-22-15-31-63(67(53)59)61-26-9-11-33-65(61)69(55-43-39-48(40-44-55)47-35-37-51(38-36-47)58-28-13-20-49-19-7-8-25-57(49)58)56-45-41-52(42-46-56)60-30-16-32-64-62-27-10-12-34-66(62)70(68(60)64)54-23-5-2-6-24-54/h1-46H. The van der Waals surface area contributed by atoms with E-state index in [0.717, 1.165) is 33.9 Å². The van der Waals surface area contributed by atoms with Gasteiger partial charge in [-0.1, -0.05) is 231 Å². The van der Waals surface area contributed by atoms with Gasteiger partial charge in [-0.2, -0.15) is 0 Å². The van der Waals surface area contributed by atoms with E-state index >= 15 is 0 Å². The molecular formula is C68H46N2. The lowest BCUT2D eigenvalue weighted by Gasteiger charge is -2.29. The maximum atomic E-state index is 2.43. The van der Waals surface area contributed by atoms with Crippen LogP contribution in [0.15, 0.2) is 279 Å². The summed E-state index contributed by atoms with van der Waals surface area (Å²) in [5.74, 6) is 0. The van der Waals surface area contributed by atoms with E-state index in [1.807, 2.05) is 0 Å². The van der Waals surface area contributed by atoms with Crippen molar-refractivity contribution >= 4 is 60.4 Å². The molecule has 0 spiro atoms. The molecule has 2 nitrogen and oxygen atoms in total. The summed E-state index contributed by atoms with van der Waals surface area (Å²) in [7, 11) is 0. The molecule has 1 aromatic heterocycles. The van der Waals surface area contributed by atoms with Crippen LogP contribution in [0.4, 0.5) is 17.1 Å². The number of nitrogens with zero attached hydrogens (tertiary/aromatic N) is 2. The normalized spacial score (nSPS) is 11.4. The highest BCUT2D eigenvalue weighted by atomic mass is 15.1. The minimum absolute atomic E-state index is 1.07. The van der Waals surface area contributed by atoms with Crippen molar-refractivity contribution in [3.8, 4) is 61.3 Å². The molecule has 0 N–H and O–H groups in total. The first-order valence-corrected chi connectivity index (χ1v) is 24.1. The zero-order chi connectivity index (χ0) is 46.4. The Labute approximate surface area is 408 Å². The molecule has 0 aliphatic carbocycles. The van der Waals surface area contributed by atoms with Crippen LogP contribution in [0.1, 0.15) is 0 Å². The van der Waals surface area contributed by atoms with E-state index < -0.39 is 0 Å². The quantitative estimate of drug-likeness (QED) is 0.140. The van der Waals surface area contributed by atoms with Crippen LogP contribution in [0.2, 0.25) is 0 Å². The lowest BCUT2D eigenvalue weighted by Crippen LogP contribution is -2.11. The number of rotatable bonds is 9. The third kappa shape index (κ3) is 7.13. The van der Waals surface area contributed by atoms with Crippen LogP contribution in [0.25, 0.3) is 105 Å². The van der Waals surface area contributed by atoms with E-state index in [9.17, 15) is 0 Å². The number of fused-ring (bicyclic) bond motifs is 5. The molecule has 0 bridgehead atoms. The van der Waals surface area contributed by atoms with Gasteiger partial charge in [-0.15, -0.1) is 0 Å². The van der Waals surface area contributed by atoms with Crippen LogP contribution in [-0.4, -0.2) is 4.57 Å². The molecule has 0 amide bonds. The minimum Gasteiger partial charge on any atom is -0.310 e. The Morgan fingerprint density at radius 2 is 0.714 bits per heavy atom. The fraction of sp³-hybridized carbons (Fsp3) is 0. The van der Waals surface area contributed by atoms with Gasteiger partial charge < -0.3 is 9.47 Å². The van der Waals surface area contributed by atoms with Gasteiger partial charge in [0, 0.05) is 39.0 Å². The Hall–Kier alpha value is -9.24. The lowest BCUT2D eigenvalue weighted by atomic mass is 9.90. The molecule has 0 radical (unpaired) electrons. The monoisotopic (exact) mass is 890 g/mol. The highest BCUT2D eigenvalue weighted by molar-refractivity contribution is 6.14.